The molecule has 1 fully saturated rings. The molecule has 3 heterocycles. The standard InChI is InChI=1S/C24H22FN5O2S/c1-29-20(16-10-5-6-11-17(16)25)28-22-19(23(29)32)27-24(33-22)30-13-7-12-18(30)21(31)26-14-15-8-3-2-4-9-15/h2-6,8-11,18H,7,12-14H2,1H3,(H,26,31). The number of anilines is 1. The van der Waals surface area contributed by atoms with Gasteiger partial charge in [-0.05, 0) is 30.5 Å². The van der Waals surface area contributed by atoms with Crippen LogP contribution in [0.1, 0.15) is 18.4 Å². The van der Waals surface area contributed by atoms with Crippen molar-refractivity contribution in [3.05, 3.63) is 76.3 Å². The summed E-state index contributed by atoms with van der Waals surface area (Å²) in [4.78, 5) is 37.4. The first-order valence-corrected chi connectivity index (χ1v) is 11.6. The highest BCUT2D eigenvalue weighted by molar-refractivity contribution is 7.21. The lowest BCUT2D eigenvalue weighted by Gasteiger charge is -2.23. The molecule has 2 aromatic heterocycles. The second-order valence-electron chi connectivity index (χ2n) is 7.98. The third-order valence-corrected chi connectivity index (χ3v) is 6.84. The van der Waals surface area contributed by atoms with E-state index in [2.05, 4.69) is 15.3 Å². The van der Waals surface area contributed by atoms with Crippen LogP contribution in [0.3, 0.4) is 0 Å². The number of thiazole rings is 1. The molecule has 0 bridgehead atoms. The number of nitrogens with zero attached hydrogens (tertiary/aromatic N) is 4. The van der Waals surface area contributed by atoms with E-state index in [0.29, 0.717) is 29.5 Å². The molecule has 2 aromatic carbocycles. The normalized spacial score (nSPS) is 15.8. The molecule has 9 heteroatoms. The summed E-state index contributed by atoms with van der Waals surface area (Å²) in [5.74, 6) is -0.262. The van der Waals surface area contributed by atoms with Gasteiger partial charge in [0.1, 0.15) is 17.7 Å². The van der Waals surface area contributed by atoms with E-state index in [1.54, 1.807) is 25.2 Å². The van der Waals surface area contributed by atoms with Crippen molar-refractivity contribution in [2.75, 3.05) is 11.4 Å². The highest BCUT2D eigenvalue weighted by Crippen LogP contribution is 2.33. The van der Waals surface area contributed by atoms with Crippen LogP contribution in [0.2, 0.25) is 0 Å². The molecule has 1 amide bonds. The molecule has 5 rings (SSSR count). The molecule has 1 saturated heterocycles. The lowest BCUT2D eigenvalue weighted by molar-refractivity contribution is -0.122. The second-order valence-corrected chi connectivity index (χ2v) is 8.94. The average Bonchev–Trinajstić information content (AvgIpc) is 3.48. The van der Waals surface area contributed by atoms with E-state index in [4.69, 9.17) is 0 Å². The summed E-state index contributed by atoms with van der Waals surface area (Å²) in [7, 11) is 1.56. The minimum absolute atomic E-state index is 0.0662. The lowest BCUT2D eigenvalue weighted by atomic mass is 10.2. The van der Waals surface area contributed by atoms with Crippen molar-refractivity contribution in [3.8, 4) is 11.4 Å². The number of hydrogen-bond donors (Lipinski definition) is 1. The number of carbonyl (C=O) groups is 1. The minimum atomic E-state index is -0.446. The maximum absolute atomic E-state index is 14.4. The van der Waals surface area contributed by atoms with Gasteiger partial charge in [0.25, 0.3) is 5.56 Å². The van der Waals surface area contributed by atoms with Crippen LogP contribution in [0, 0.1) is 5.82 Å². The van der Waals surface area contributed by atoms with Gasteiger partial charge in [0.2, 0.25) is 5.91 Å². The zero-order chi connectivity index (χ0) is 22.9. The molecular formula is C24H22FN5O2S. The first kappa shape index (κ1) is 21.3. The van der Waals surface area contributed by atoms with Gasteiger partial charge >= 0.3 is 0 Å². The molecule has 4 aromatic rings. The number of aromatic nitrogens is 3. The minimum Gasteiger partial charge on any atom is -0.350 e. The zero-order valence-corrected chi connectivity index (χ0v) is 18.8. The van der Waals surface area contributed by atoms with Gasteiger partial charge in [-0.25, -0.2) is 14.4 Å². The van der Waals surface area contributed by atoms with E-state index in [9.17, 15) is 14.0 Å². The number of rotatable bonds is 5. The highest BCUT2D eigenvalue weighted by atomic mass is 32.1. The van der Waals surface area contributed by atoms with Crippen molar-refractivity contribution in [3.63, 3.8) is 0 Å². The van der Waals surface area contributed by atoms with Gasteiger partial charge in [-0.1, -0.05) is 53.8 Å². The molecule has 1 N–H and O–H groups in total. The van der Waals surface area contributed by atoms with Crippen molar-refractivity contribution in [1.82, 2.24) is 19.9 Å². The van der Waals surface area contributed by atoms with Crippen LogP contribution in [0.25, 0.3) is 21.7 Å². The van der Waals surface area contributed by atoms with E-state index in [1.165, 1.54) is 22.0 Å². The molecule has 1 unspecified atom stereocenters. The zero-order valence-electron chi connectivity index (χ0n) is 18.0. The second kappa shape index (κ2) is 8.74. The molecule has 1 aliphatic rings. The smallest absolute Gasteiger partial charge is 0.281 e. The fourth-order valence-corrected chi connectivity index (χ4v) is 5.13. The van der Waals surface area contributed by atoms with E-state index >= 15 is 0 Å². The predicted octanol–water partition coefficient (Wildman–Crippen LogP) is 3.48. The molecular weight excluding hydrogens is 441 g/mol. The number of fused-ring (bicyclic) bond motifs is 1. The monoisotopic (exact) mass is 463 g/mol. The molecule has 168 valence electrons. The Labute approximate surface area is 193 Å². The Balaban J connectivity index is 1.44. The van der Waals surface area contributed by atoms with E-state index < -0.39 is 5.82 Å². The van der Waals surface area contributed by atoms with Gasteiger partial charge in [0, 0.05) is 20.1 Å². The number of amides is 1. The van der Waals surface area contributed by atoms with Gasteiger partial charge in [-0.15, -0.1) is 0 Å². The molecule has 0 aliphatic carbocycles. The number of hydrogen-bond acceptors (Lipinski definition) is 6. The van der Waals surface area contributed by atoms with Crippen LogP contribution < -0.4 is 15.8 Å². The molecule has 0 radical (unpaired) electrons. The summed E-state index contributed by atoms with van der Waals surface area (Å²) in [6.07, 6.45) is 1.56. The molecule has 0 saturated carbocycles. The van der Waals surface area contributed by atoms with Crippen LogP contribution in [0.5, 0.6) is 0 Å². The largest absolute Gasteiger partial charge is 0.350 e. The molecule has 1 aliphatic heterocycles. The fourth-order valence-electron chi connectivity index (χ4n) is 4.12. The number of benzene rings is 2. The van der Waals surface area contributed by atoms with Crippen LogP contribution >= 0.6 is 11.3 Å². The fraction of sp³-hybridized carbons (Fsp3) is 0.250. The number of carbonyl (C=O) groups excluding carboxylic acids is 1. The summed E-state index contributed by atoms with van der Waals surface area (Å²) in [6.45, 7) is 1.13. The Bertz CT molecular complexity index is 1380. The highest BCUT2D eigenvalue weighted by Gasteiger charge is 2.33. The van der Waals surface area contributed by atoms with E-state index in [0.717, 1.165) is 12.0 Å². The van der Waals surface area contributed by atoms with Crippen LogP contribution in [0.4, 0.5) is 9.52 Å². The van der Waals surface area contributed by atoms with Crippen molar-refractivity contribution >= 4 is 32.7 Å². The SMILES string of the molecule is Cn1c(-c2ccccc2F)nc2sc(N3CCCC3C(=O)NCc3ccccc3)nc2c1=O. The lowest BCUT2D eigenvalue weighted by Crippen LogP contribution is -2.43. The van der Waals surface area contributed by atoms with Gasteiger partial charge < -0.3 is 10.2 Å². The number of halogens is 1. The summed E-state index contributed by atoms with van der Waals surface area (Å²) in [5.41, 5.74) is 1.18. The Morgan fingerprint density at radius 1 is 1.15 bits per heavy atom. The topological polar surface area (TPSA) is 80.1 Å². The Hall–Kier alpha value is -3.59. The third kappa shape index (κ3) is 4.00. The van der Waals surface area contributed by atoms with Crippen LogP contribution in [-0.4, -0.2) is 33.0 Å². The first-order chi connectivity index (χ1) is 16.0. The molecule has 0 spiro atoms. The Kier molecular flexibility index (Phi) is 5.63. The quantitative estimate of drug-likeness (QED) is 0.490. The Morgan fingerprint density at radius 3 is 2.70 bits per heavy atom. The maximum atomic E-state index is 14.4. The molecule has 1 atom stereocenters. The van der Waals surface area contributed by atoms with Crippen molar-refractivity contribution in [1.29, 1.82) is 0 Å². The van der Waals surface area contributed by atoms with Gasteiger partial charge in [-0.3, -0.25) is 14.2 Å². The Morgan fingerprint density at radius 2 is 1.91 bits per heavy atom. The van der Waals surface area contributed by atoms with Crippen molar-refractivity contribution < 1.29 is 9.18 Å². The van der Waals surface area contributed by atoms with Gasteiger partial charge in [0.15, 0.2) is 15.5 Å². The van der Waals surface area contributed by atoms with Crippen LogP contribution in [0.15, 0.2) is 59.4 Å². The first-order valence-electron chi connectivity index (χ1n) is 10.7. The summed E-state index contributed by atoms with van der Waals surface area (Å²) < 4.78 is 15.7. The molecule has 7 nitrogen and oxygen atoms in total. The van der Waals surface area contributed by atoms with Crippen molar-refractivity contribution in [2.45, 2.75) is 25.4 Å². The number of nitrogens with one attached hydrogen (secondary N) is 1. The predicted molar refractivity (Wildman–Crippen MR) is 127 cm³/mol. The summed E-state index contributed by atoms with van der Waals surface area (Å²) >= 11 is 1.26. The van der Waals surface area contributed by atoms with Crippen LogP contribution in [-0.2, 0) is 18.4 Å². The van der Waals surface area contributed by atoms with Gasteiger partial charge in [-0.2, -0.15) is 0 Å². The average molecular weight is 464 g/mol. The summed E-state index contributed by atoms with van der Waals surface area (Å²) in [5, 5.41) is 3.59. The third-order valence-electron chi connectivity index (χ3n) is 5.86. The van der Waals surface area contributed by atoms with Gasteiger partial charge in [0.05, 0.1) is 5.56 Å². The van der Waals surface area contributed by atoms with Crippen molar-refractivity contribution in [2.24, 2.45) is 7.05 Å². The maximum Gasteiger partial charge on any atom is 0.281 e. The van der Waals surface area contributed by atoms with E-state index in [1.807, 2.05) is 35.2 Å². The molecule has 33 heavy (non-hydrogen) atoms. The summed E-state index contributed by atoms with van der Waals surface area (Å²) in [6, 6.07) is 15.6. The van der Waals surface area contributed by atoms with E-state index in [-0.39, 0.29) is 34.4 Å².